The standard InChI is InChI=1S/C19H19NO2S/c1-3-22-14-10-11-16-15(12-14)17(19(20-16)23-4-2)18(21)13-8-6-5-7-9-13/h5-12,20H,3-4H2,1-2H3. The third-order valence-electron chi connectivity index (χ3n) is 3.60. The second-order valence-corrected chi connectivity index (χ2v) is 6.37. The van der Waals surface area contributed by atoms with Crippen LogP contribution in [0.2, 0.25) is 0 Å². The Bertz CT molecular complexity index is 824. The minimum absolute atomic E-state index is 0.0430. The number of thioether (sulfide) groups is 1. The van der Waals surface area contributed by atoms with Crippen LogP contribution in [-0.4, -0.2) is 23.1 Å². The van der Waals surface area contributed by atoms with Gasteiger partial charge in [-0.3, -0.25) is 4.79 Å². The van der Waals surface area contributed by atoms with Gasteiger partial charge in [0.15, 0.2) is 5.78 Å². The molecule has 0 radical (unpaired) electrons. The molecule has 4 heteroatoms. The Balaban J connectivity index is 2.16. The zero-order valence-corrected chi connectivity index (χ0v) is 14.1. The zero-order valence-electron chi connectivity index (χ0n) is 13.3. The molecule has 23 heavy (non-hydrogen) atoms. The van der Waals surface area contributed by atoms with E-state index in [4.69, 9.17) is 4.74 Å². The Morgan fingerprint density at radius 3 is 2.61 bits per heavy atom. The maximum atomic E-state index is 13.0. The molecule has 0 saturated heterocycles. The summed E-state index contributed by atoms with van der Waals surface area (Å²) in [5.74, 6) is 1.73. The van der Waals surface area contributed by atoms with Crippen LogP contribution in [0.5, 0.6) is 5.75 Å². The van der Waals surface area contributed by atoms with Crippen molar-refractivity contribution >= 4 is 28.4 Å². The van der Waals surface area contributed by atoms with Crippen molar-refractivity contribution in [2.45, 2.75) is 18.9 Å². The summed E-state index contributed by atoms with van der Waals surface area (Å²) in [7, 11) is 0. The van der Waals surface area contributed by atoms with Crippen molar-refractivity contribution in [3.05, 3.63) is 59.7 Å². The van der Waals surface area contributed by atoms with Gasteiger partial charge in [-0.15, -0.1) is 11.8 Å². The molecule has 1 heterocycles. The molecule has 0 amide bonds. The van der Waals surface area contributed by atoms with Crippen LogP contribution < -0.4 is 4.74 Å². The van der Waals surface area contributed by atoms with E-state index in [-0.39, 0.29) is 5.78 Å². The molecule has 118 valence electrons. The molecule has 0 saturated carbocycles. The van der Waals surface area contributed by atoms with Crippen LogP contribution in [0.25, 0.3) is 10.9 Å². The molecule has 1 aromatic heterocycles. The number of hydrogen-bond acceptors (Lipinski definition) is 3. The van der Waals surface area contributed by atoms with Gasteiger partial charge >= 0.3 is 0 Å². The molecule has 1 N–H and O–H groups in total. The van der Waals surface area contributed by atoms with Gasteiger partial charge < -0.3 is 9.72 Å². The summed E-state index contributed by atoms with van der Waals surface area (Å²) in [5.41, 5.74) is 2.40. The van der Waals surface area contributed by atoms with Gasteiger partial charge in [0.25, 0.3) is 0 Å². The van der Waals surface area contributed by atoms with E-state index < -0.39 is 0 Å². The average molecular weight is 325 g/mol. The molecule has 0 fully saturated rings. The Labute approximate surface area is 140 Å². The highest BCUT2D eigenvalue weighted by molar-refractivity contribution is 7.99. The number of aromatic nitrogens is 1. The van der Waals surface area contributed by atoms with E-state index in [1.807, 2.05) is 55.5 Å². The number of nitrogens with one attached hydrogen (secondary N) is 1. The fraction of sp³-hybridized carbons (Fsp3) is 0.211. The lowest BCUT2D eigenvalue weighted by Gasteiger charge is -2.05. The first-order valence-electron chi connectivity index (χ1n) is 7.75. The molecule has 3 nitrogen and oxygen atoms in total. The summed E-state index contributed by atoms with van der Waals surface area (Å²) in [5, 5.41) is 1.84. The molecule has 0 bridgehead atoms. The van der Waals surface area contributed by atoms with Crippen molar-refractivity contribution in [3.8, 4) is 5.75 Å². The number of H-pyrrole nitrogens is 1. The van der Waals surface area contributed by atoms with E-state index in [0.29, 0.717) is 12.2 Å². The Morgan fingerprint density at radius 2 is 1.91 bits per heavy atom. The normalized spacial score (nSPS) is 10.9. The first kappa shape index (κ1) is 15.7. The van der Waals surface area contributed by atoms with Crippen LogP contribution >= 0.6 is 11.8 Å². The summed E-state index contributed by atoms with van der Waals surface area (Å²) in [6.07, 6.45) is 0. The van der Waals surface area contributed by atoms with Crippen molar-refractivity contribution in [1.29, 1.82) is 0 Å². The number of hydrogen-bond donors (Lipinski definition) is 1. The molecule has 0 aliphatic heterocycles. The first-order valence-corrected chi connectivity index (χ1v) is 8.74. The predicted octanol–water partition coefficient (Wildman–Crippen LogP) is 4.91. The van der Waals surface area contributed by atoms with Crippen molar-refractivity contribution in [2.75, 3.05) is 12.4 Å². The number of ketones is 1. The molecule has 0 unspecified atom stereocenters. The molecular weight excluding hydrogens is 306 g/mol. The monoisotopic (exact) mass is 325 g/mol. The lowest BCUT2D eigenvalue weighted by atomic mass is 10.0. The van der Waals surface area contributed by atoms with Gasteiger partial charge in [0.2, 0.25) is 0 Å². The van der Waals surface area contributed by atoms with Gasteiger partial charge in [-0.05, 0) is 30.9 Å². The minimum atomic E-state index is 0.0430. The third-order valence-corrected chi connectivity index (χ3v) is 4.48. The van der Waals surface area contributed by atoms with Gasteiger partial charge in [-0.2, -0.15) is 0 Å². The van der Waals surface area contributed by atoms with Crippen LogP contribution in [0.3, 0.4) is 0 Å². The molecular formula is C19H19NO2S. The zero-order chi connectivity index (χ0) is 16.2. The summed E-state index contributed by atoms with van der Waals surface area (Å²) in [6, 6.07) is 15.3. The van der Waals surface area contributed by atoms with Crippen LogP contribution in [-0.2, 0) is 0 Å². The first-order chi connectivity index (χ1) is 11.2. The van der Waals surface area contributed by atoms with Gasteiger partial charge in [0.1, 0.15) is 5.75 Å². The number of fused-ring (bicyclic) bond motifs is 1. The second-order valence-electron chi connectivity index (χ2n) is 5.10. The van der Waals surface area contributed by atoms with Gasteiger partial charge in [0, 0.05) is 16.5 Å². The van der Waals surface area contributed by atoms with Gasteiger partial charge in [0.05, 0.1) is 17.2 Å². The molecule has 0 atom stereocenters. The summed E-state index contributed by atoms with van der Waals surface area (Å²) in [6.45, 7) is 4.64. The van der Waals surface area contributed by atoms with E-state index in [0.717, 1.165) is 33.0 Å². The molecule has 3 rings (SSSR count). The number of carbonyl (C=O) groups excluding carboxylic acids is 1. The highest BCUT2D eigenvalue weighted by Gasteiger charge is 2.20. The lowest BCUT2D eigenvalue weighted by Crippen LogP contribution is -2.02. The van der Waals surface area contributed by atoms with Crippen LogP contribution in [0, 0.1) is 0 Å². The molecule has 0 spiro atoms. The highest BCUT2D eigenvalue weighted by atomic mass is 32.2. The van der Waals surface area contributed by atoms with E-state index in [9.17, 15) is 4.79 Å². The minimum Gasteiger partial charge on any atom is -0.494 e. The highest BCUT2D eigenvalue weighted by Crippen LogP contribution is 2.33. The SMILES string of the molecule is CCOc1ccc2[nH]c(SCC)c(C(=O)c3ccccc3)c2c1. The Hall–Kier alpha value is -2.20. The molecule has 0 aliphatic rings. The maximum absolute atomic E-state index is 13.0. The molecule has 0 aliphatic carbocycles. The number of ether oxygens (including phenoxy) is 1. The summed E-state index contributed by atoms with van der Waals surface area (Å²) in [4.78, 5) is 16.4. The predicted molar refractivity (Wildman–Crippen MR) is 95.7 cm³/mol. The van der Waals surface area contributed by atoms with Crippen LogP contribution in [0.4, 0.5) is 0 Å². The Morgan fingerprint density at radius 1 is 1.13 bits per heavy atom. The fourth-order valence-electron chi connectivity index (χ4n) is 2.61. The van der Waals surface area contributed by atoms with Crippen LogP contribution in [0.1, 0.15) is 29.8 Å². The maximum Gasteiger partial charge on any atom is 0.196 e. The topological polar surface area (TPSA) is 42.1 Å². The smallest absolute Gasteiger partial charge is 0.196 e. The van der Waals surface area contributed by atoms with Gasteiger partial charge in [-0.25, -0.2) is 0 Å². The van der Waals surface area contributed by atoms with E-state index in [1.54, 1.807) is 11.8 Å². The van der Waals surface area contributed by atoms with E-state index in [2.05, 4.69) is 11.9 Å². The number of carbonyl (C=O) groups is 1. The largest absolute Gasteiger partial charge is 0.494 e. The van der Waals surface area contributed by atoms with Crippen molar-refractivity contribution in [1.82, 2.24) is 4.98 Å². The van der Waals surface area contributed by atoms with Crippen molar-refractivity contribution in [3.63, 3.8) is 0 Å². The van der Waals surface area contributed by atoms with Crippen molar-refractivity contribution in [2.24, 2.45) is 0 Å². The van der Waals surface area contributed by atoms with Crippen LogP contribution in [0.15, 0.2) is 53.6 Å². The van der Waals surface area contributed by atoms with Gasteiger partial charge in [-0.1, -0.05) is 37.3 Å². The summed E-state index contributed by atoms with van der Waals surface area (Å²) < 4.78 is 5.59. The lowest BCUT2D eigenvalue weighted by molar-refractivity contribution is 0.103. The summed E-state index contributed by atoms with van der Waals surface area (Å²) >= 11 is 1.65. The van der Waals surface area contributed by atoms with Crippen molar-refractivity contribution < 1.29 is 9.53 Å². The number of benzene rings is 2. The molecule has 3 aromatic rings. The fourth-order valence-corrected chi connectivity index (χ4v) is 3.43. The van der Waals surface area contributed by atoms with E-state index >= 15 is 0 Å². The van der Waals surface area contributed by atoms with E-state index in [1.165, 1.54) is 0 Å². The number of aromatic amines is 1. The third kappa shape index (κ3) is 3.13. The average Bonchev–Trinajstić information content (AvgIpc) is 2.93. The second kappa shape index (κ2) is 6.92. The quantitative estimate of drug-likeness (QED) is 0.517. The number of rotatable bonds is 6. The Kier molecular flexibility index (Phi) is 4.72. The molecule has 2 aromatic carbocycles.